The summed E-state index contributed by atoms with van der Waals surface area (Å²) in [6.45, 7) is 1.41. The molecule has 0 spiro atoms. The summed E-state index contributed by atoms with van der Waals surface area (Å²) in [6.07, 6.45) is -6.74. The SMILES string of the molecule is CCCCCCCC/C=C/CC/C=C/C(O)C(COC1OC(CO)C(OC2OC(CO)C(OC3OC(CO)C(O)C(O)C3O)C(O)C2O)C(O)C1O)NC(=O)CCCCC. The molecule has 19 nitrogen and oxygen atoms in total. The molecular formula is C41H73NO18. The fourth-order valence-corrected chi connectivity index (χ4v) is 7.26. The molecule has 3 rings (SSSR count). The van der Waals surface area contributed by atoms with Crippen LogP contribution in [-0.4, -0.2) is 193 Å². The van der Waals surface area contributed by atoms with Crippen molar-refractivity contribution in [3.63, 3.8) is 0 Å². The molecular weight excluding hydrogens is 794 g/mol. The zero-order chi connectivity index (χ0) is 44.2. The molecule has 1 amide bonds. The molecule has 60 heavy (non-hydrogen) atoms. The molecule has 3 heterocycles. The van der Waals surface area contributed by atoms with Crippen LogP contribution in [0.4, 0.5) is 0 Å². The van der Waals surface area contributed by atoms with Crippen molar-refractivity contribution in [3.05, 3.63) is 24.3 Å². The average Bonchev–Trinajstić information content (AvgIpc) is 3.24. The Morgan fingerprint density at radius 2 is 1.07 bits per heavy atom. The lowest BCUT2D eigenvalue weighted by Crippen LogP contribution is -2.66. The maximum Gasteiger partial charge on any atom is 0.220 e. The zero-order valence-electron chi connectivity index (χ0n) is 34.9. The normalized spacial score (nSPS) is 36.2. The third kappa shape index (κ3) is 15.8. The highest BCUT2D eigenvalue weighted by molar-refractivity contribution is 5.76. The lowest BCUT2D eigenvalue weighted by Gasteiger charge is -2.48. The average molecular weight is 868 g/mol. The van der Waals surface area contributed by atoms with Gasteiger partial charge < -0.3 is 89.9 Å². The summed E-state index contributed by atoms with van der Waals surface area (Å²) in [5.41, 5.74) is 0. The molecule has 3 fully saturated rings. The minimum atomic E-state index is -1.97. The van der Waals surface area contributed by atoms with Crippen LogP contribution in [-0.2, 0) is 33.2 Å². The van der Waals surface area contributed by atoms with Gasteiger partial charge in [-0.05, 0) is 32.1 Å². The Labute approximate surface area is 352 Å². The maximum absolute atomic E-state index is 12.8. The van der Waals surface area contributed by atoms with E-state index in [0.29, 0.717) is 12.8 Å². The van der Waals surface area contributed by atoms with Gasteiger partial charge in [-0.3, -0.25) is 4.79 Å². The van der Waals surface area contributed by atoms with Crippen LogP contribution in [0.15, 0.2) is 24.3 Å². The van der Waals surface area contributed by atoms with Crippen LogP contribution >= 0.6 is 0 Å². The van der Waals surface area contributed by atoms with Crippen molar-refractivity contribution in [3.8, 4) is 0 Å². The van der Waals surface area contributed by atoms with Gasteiger partial charge in [0.15, 0.2) is 18.9 Å². The maximum atomic E-state index is 12.8. The summed E-state index contributed by atoms with van der Waals surface area (Å²) < 4.78 is 33.8. The number of hydrogen-bond donors (Lipinski definition) is 12. The minimum absolute atomic E-state index is 0.221. The van der Waals surface area contributed by atoms with Crippen LogP contribution < -0.4 is 5.32 Å². The van der Waals surface area contributed by atoms with E-state index in [2.05, 4.69) is 24.4 Å². The first-order valence-corrected chi connectivity index (χ1v) is 21.6. The Kier molecular flexibility index (Phi) is 24.7. The monoisotopic (exact) mass is 867 g/mol. The molecule has 12 N–H and O–H groups in total. The van der Waals surface area contributed by atoms with Crippen molar-refractivity contribution in [1.82, 2.24) is 5.32 Å². The number of amides is 1. The molecule has 0 aliphatic carbocycles. The van der Waals surface area contributed by atoms with E-state index in [0.717, 1.165) is 32.1 Å². The quantitative estimate of drug-likeness (QED) is 0.0331. The number of nitrogens with one attached hydrogen (secondary N) is 1. The van der Waals surface area contributed by atoms with Gasteiger partial charge in [0, 0.05) is 6.42 Å². The fourth-order valence-electron chi connectivity index (χ4n) is 7.26. The predicted molar refractivity (Wildman–Crippen MR) is 213 cm³/mol. The van der Waals surface area contributed by atoms with Gasteiger partial charge in [-0.1, -0.05) is 83.1 Å². The molecule has 17 unspecified atom stereocenters. The fraction of sp³-hybridized carbons (Fsp3) is 0.878. The summed E-state index contributed by atoms with van der Waals surface area (Å²) in [4.78, 5) is 12.8. The highest BCUT2D eigenvalue weighted by atomic mass is 16.8. The van der Waals surface area contributed by atoms with Gasteiger partial charge in [-0.2, -0.15) is 0 Å². The number of rotatable bonds is 27. The number of aliphatic hydroxyl groups excluding tert-OH is 11. The molecule has 0 aromatic carbocycles. The lowest BCUT2D eigenvalue weighted by molar-refractivity contribution is -0.379. The Morgan fingerprint density at radius 1 is 0.583 bits per heavy atom. The Bertz CT molecular complexity index is 1230. The first-order chi connectivity index (χ1) is 28.8. The summed E-state index contributed by atoms with van der Waals surface area (Å²) >= 11 is 0. The number of allylic oxidation sites excluding steroid dienone is 3. The molecule has 0 bridgehead atoms. The topological polar surface area (TPSA) is 307 Å². The van der Waals surface area contributed by atoms with E-state index in [9.17, 15) is 61.0 Å². The first-order valence-electron chi connectivity index (χ1n) is 21.6. The van der Waals surface area contributed by atoms with E-state index >= 15 is 0 Å². The van der Waals surface area contributed by atoms with Gasteiger partial charge in [-0.25, -0.2) is 0 Å². The molecule has 0 aromatic rings. The summed E-state index contributed by atoms with van der Waals surface area (Å²) in [5, 5.41) is 118. The molecule has 3 aliphatic rings. The van der Waals surface area contributed by atoms with Gasteiger partial charge >= 0.3 is 0 Å². The second-order valence-corrected chi connectivity index (χ2v) is 15.8. The number of carbonyl (C=O) groups excluding carboxylic acids is 1. The van der Waals surface area contributed by atoms with Crippen molar-refractivity contribution in [1.29, 1.82) is 0 Å². The Hall–Kier alpha value is -1.73. The summed E-state index contributed by atoms with van der Waals surface area (Å²) in [7, 11) is 0. The molecule has 0 radical (unpaired) electrons. The summed E-state index contributed by atoms with van der Waals surface area (Å²) in [6, 6.07) is -0.978. The Balaban J connectivity index is 1.60. The van der Waals surface area contributed by atoms with E-state index in [1.54, 1.807) is 12.2 Å². The van der Waals surface area contributed by atoms with Crippen molar-refractivity contribution in [2.45, 2.75) is 202 Å². The molecule has 19 heteroatoms. The number of hydrogen-bond acceptors (Lipinski definition) is 18. The van der Waals surface area contributed by atoms with Crippen molar-refractivity contribution in [2.75, 3.05) is 26.4 Å². The second kappa shape index (κ2) is 28.1. The number of aliphatic hydroxyl groups is 11. The third-order valence-electron chi connectivity index (χ3n) is 11.0. The van der Waals surface area contributed by atoms with Crippen LogP contribution in [0.1, 0.15) is 97.3 Å². The van der Waals surface area contributed by atoms with E-state index < -0.39 is 124 Å². The van der Waals surface area contributed by atoms with E-state index in [-0.39, 0.29) is 18.9 Å². The van der Waals surface area contributed by atoms with Gasteiger partial charge in [0.1, 0.15) is 73.2 Å². The molecule has 17 atom stereocenters. The number of ether oxygens (including phenoxy) is 6. The molecule has 3 saturated heterocycles. The molecule has 350 valence electrons. The molecule has 3 aliphatic heterocycles. The van der Waals surface area contributed by atoms with Crippen LogP contribution in [0, 0.1) is 0 Å². The van der Waals surface area contributed by atoms with E-state index in [4.69, 9.17) is 28.4 Å². The molecule has 0 saturated carbocycles. The first kappa shape index (κ1) is 52.6. The van der Waals surface area contributed by atoms with Crippen LogP contribution in [0.25, 0.3) is 0 Å². The van der Waals surface area contributed by atoms with Crippen molar-refractivity contribution in [2.24, 2.45) is 0 Å². The van der Waals surface area contributed by atoms with E-state index in [1.165, 1.54) is 32.1 Å². The van der Waals surface area contributed by atoms with Crippen molar-refractivity contribution >= 4 is 5.91 Å². The number of carbonyl (C=O) groups is 1. The smallest absolute Gasteiger partial charge is 0.220 e. The van der Waals surface area contributed by atoms with Crippen LogP contribution in [0.2, 0.25) is 0 Å². The molecule has 0 aromatic heterocycles. The number of unbranched alkanes of at least 4 members (excludes halogenated alkanes) is 9. The van der Waals surface area contributed by atoms with Crippen LogP contribution in [0.3, 0.4) is 0 Å². The van der Waals surface area contributed by atoms with Gasteiger partial charge in [-0.15, -0.1) is 0 Å². The largest absolute Gasteiger partial charge is 0.394 e. The summed E-state index contributed by atoms with van der Waals surface area (Å²) in [5.74, 6) is -0.316. The lowest BCUT2D eigenvalue weighted by atomic mass is 9.96. The zero-order valence-corrected chi connectivity index (χ0v) is 34.9. The highest BCUT2D eigenvalue weighted by Crippen LogP contribution is 2.32. The standard InChI is InChI=1S/C41H73NO18/c1-3-5-7-8-9-10-11-12-13-14-15-17-18-25(46)24(42-29(47)19-16-6-4-2)23-55-39-35(53)32(50)37(27(21-44)57-39)60-41-36(54)33(51)38(28(22-45)58-41)59-40-34(52)31(49)30(48)26(20-43)56-40/h12-13,17-18,24-28,30-41,43-46,48-54H,3-11,14-16,19-23H2,1-2H3,(H,42,47)/b13-12+,18-17+. The Morgan fingerprint density at radius 3 is 1.67 bits per heavy atom. The predicted octanol–water partition coefficient (Wildman–Crippen LogP) is -1.48. The third-order valence-corrected chi connectivity index (χ3v) is 11.0. The minimum Gasteiger partial charge on any atom is -0.394 e. The van der Waals surface area contributed by atoms with Gasteiger partial charge in [0.05, 0.1) is 38.6 Å². The van der Waals surface area contributed by atoms with E-state index in [1.807, 2.05) is 6.92 Å². The van der Waals surface area contributed by atoms with Crippen molar-refractivity contribution < 1.29 is 89.4 Å². The van der Waals surface area contributed by atoms with Crippen LogP contribution in [0.5, 0.6) is 0 Å². The van der Waals surface area contributed by atoms with Gasteiger partial charge in [0.2, 0.25) is 5.91 Å². The van der Waals surface area contributed by atoms with Gasteiger partial charge in [0.25, 0.3) is 0 Å². The highest BCUT2D eigenvalue weighted by Gasteiger charge is 2.53. The second-order valence-electron chi connectivity index (χ2n) is 15.8.